The average molecular weight is 341 g/mol. The minimum absolute atomic E-state index is 0.0772. The molecule has 0 aliphatic carbocycles. The summed E-state index contributed by atoms with van der Waals surface area (Å²) in [6.07, 6.45) is 3.98. The molecule has 132 valence electrons. The van der Waals surface area contributed by atoms with Crippen LogP contribution in [0.1, 0.15) is 24.2 Å². The lowest BCUT2D eigenvalue weighted by molar-refractivity contribution is -0.120. The first kappa shape index (κ1) is 17.2. The molecule has 2 N–H and O–H groups in total. The molecule has 1 aliphatic rings. The predicted octanol–water partition coefficient (Wildman–Crippen LogP) is 1.69. The highest BCUT2D eigenvalue weighted by Crippen LogP contribution is 2.30. The van der Waals surface area contributed by atoms with Crippen molar-refractivity contribution < 1.29 is 14.6 Å². The molecule has 0 saturated carbocycles. The zero-order chi connectivity index (χ0) is 17.8. The molecule has 1 amide bonds. The fourth-order valence-corrected chi connectivity index (χ4v) is 3.05. The first-order valence-electron chi connectivity index (χ1n) is 8.37. The number of nitrogens with zero attached hydrogens (tertiary/aromatic N) is 2. The van der Waals surface area contributed by atoms with Crippen LogP contribution in [0.2, 0.25) is 0 Å². The van der Waals surface area contributed by atoms with Gasteiger partial charge in [-0.1, -0.05) is 6.07 Å². The third-order valence-corrected chi connectivity index (χ3v) is 4.39. The molecule has 0 bridgehead atoms. The van der Waals surface area contributed by atoms with E-state index in [9.17, 15) is 9.90 Å². The summed E-state index contributed by atoms with van der Waals surface area (Å²) in [5.74, 6) is 0.653. The molecule has 2 heterocycles. The first-order chi connectivity index (χ1) is 12.1. The van der Waals surface area contributed by atoms with Crippen molar-refractivity contribution in [2.45, 2.75) is 25.5 Å². The molecule has 0 fully saturated rings. The highest BCUT2D eigenvalue weighted by molar-refractivity contribution is 5.82. The van der Waals surface area contributed by atoms with Gasteiger partial charge in [0, 0.05) is 31.2 Å². The van der Waals surface area contributed by atoms with Gasteiger partial charge in [-0.05, 0) is 42.7 Å². The van der Waals surface area contributed by atoms with Crippen LogP contribution < -0.4 is 15.0 Å². The van der Waals surface area contributed by atoms with Crippen molar-refractivity contribution in [3.63, 3.8) is 0 Å². The molecule has 3 rings (SSSR count). The standard InChI is InChI=1S/C19H23N3O3/c1-13(14-5-7-20-8-6-14)25-17-4-3-15-9-16(12-23)21-19(24)11-22(2)18(15)10-17/h3-8,10,13,16,23H,9,11-12H2,1-2H3,(H,21,24). The van der Waals surface area contributed by atoms with E-state index in [-0.39, 0.29) is 31.2 Å². The summed E-state index contributed by atoms with van der Waals surface area (Å²) in [6, 6.07) is 9.49. The van der Waals surface area contributed by atoms with Gasteiger partial charge in [-0.2, -0.15) is 0 Å². The van der Waals surface area contributed by atoms with Gasteiger partial charge in [0.2, 0.25) is 5.91 Å². The Morgan fingerprint density at radius 1 is 1.36 bits per heavy atom. The minimum atomic E-state index is -0.262. The molecule has 0 radical (unpaired) electrons. The number of hydrogen-bond donors (Lipinski definition) is 2. The number of aromatic nitrogens is 1. The second kappa shape index (κ2) is 7.53. The molecular weight excluding hydrogens is 318 g/mol. The SMILES string of the molecule is CC(Oc1ccc2c(c1)N(C)CC(=O)NC(CO)C2)c1ccncc1. The van der Waals surface area contributed by atoms with Crippen LogP contribution in [0.3, 0.4) is 0 Å². The number of nitrogens with one attached hydrogen (secondary N) is 1. The van der Waals surface area contributed by atoms with E-state index in [4.69, 9.17) is 4.74 Å². The quantitative estimate of drug-likeness (QED) is 0.885. The molecule has 1 aromatic carbocycles. The third-order valence-electron chi connectivity index (χ3n) is 4.39. The molecule has 6 heteroatoms. The number of carbonyl (C=O) groups is 1. The van der Waals surface area contributed by atoms with Gasteiger partial charge < -0.3 is 20.1 Å². The second-order valence-electron chi connectivity index (χ2n) is 6.34. The smallest absolute Gasteiger partial charge is 0.239 e. The Bertz CT molecular complexity index is 736. The van der Waals surface area contributed by atoms with Crippen LogP contribution >= 0.6 is 0 Å². The molecule has 1 aromatic heterocycles. The van der Waals surface area contributed by atoms with Gasteiger partial charge in [0.15, 0.2) is 0 Å². The first-order valence-corrected chi connectivity index (χ1v) is 8.37. The molecule has 2 unspecified atom stereocenters. The number of aliphatic hydroxyl groups excluding tert-OH is 1. The van der Waals surface area contributed by atoms with Gasteiger partial charge in [-0.3, -0.25) is 9.78 Å². The van der Waals surface area contributed by atoms with Gasteiger partial charge in [-0.15, -0.1) is 0 Å². The largest absolute Gasteiger partial charge is 0.486 e. The van der Waals surface area contributed by atoms with E-state index in [0.717, 1.165) is 22.6 Å². The lowest BCUT2D eigenvalue weighted by atomic mass is 10.0. The fraction of sp³-hybridized carbons (Fsp3) is 0.368. The van der Waals surface area contributed by atoms with Gasteiger partial charge in [-0.25, -0.2) is 0 Å². The Labute approximate surface area is 147 Å². The van der Waals surface area contributed by atoms with Gasteiger partial charge in [0.05, 0.1) is 19.2 Å². The molecule has 0 saturated heterocycles. The molecule has 0 spiro atoms. The van der Waals surface area contributed by atoms with Crippen molar-refractivity contribution in [3.8, 4) is 5.75 Å². The highest BCUT2D eigenvalue weighted by Gasteiger charge is 2.21. The van der Waals surface area contributed by atoms with E-state index < -0.39 is 0 Å². The van der Waals surface area contributed by atoms with E-state index in [1.807, 2.05) is 49.2 Å². The minimum Gasteiger partial charge on any atom is -0.486 e. The number of ether oxygens (including phenoxy) is 1. The van der Waals surface area contributed by atoms with E-state index in [2.05, 4.69) is 10.3 Å². The molecule has 1 aliphatic heterocycles. The summed E-state index contributed by atoms with van der Waals surface area (Å²) in [5, 5.41) is 12.3. The number of likely N-dealkylation sites (N-methyl/N-ethyl adjacent to an activating group) is 1. The molecule has 2 aromatic rings. The Morgan fingerprint density at radius 2 is 2.12 bits per heavy atom. The van der Waals surface area contributed by atoms with E-state index in [0.29, 0.717) is 6.42 Å². The monoisotopic (exact) mass is 341 g/mol. The summed E-state index contributed by atoms with van der Waals surface area (Å²) in [7, 11) is 1.88. The number of benzene rings is 1. The van der Waals surface area contributed by atoms with Crippen LogP contribution in [0, 0.1) is 0 Å². The highest BCUT2D eigenvalue weighted by atomic mass is 16.5. The van der Waals surface area contributed by atoms with Crippen molar-refractivity contribution in [1.82, 2.24) is 10.3 Å². The third kappa shape index (κ3) is 4.09. The summed E-state index contributed by atoms with van der Waals surface area (Å²) in [4.78, 5) is 17.9. The predicted molar refractivity (Wildman–Crippen MR) is 95.7 cm³/mol. The fourth-order valence-electron chi connectivity index (χ4n) is 3.05. The number of carbonyl (C=O) groups excluding carboxylic acids is 1. The van der Waals surface area contributed by atoms with Crippen molar-refractivity contribution in [3.05, 3.63) is 53.9 Å². The molecule has 2 atom stereocenters. The Kier molecular flexibility index (Phi) is 5.19. The van der Waals surface area contributed by atoms with Crippen molar-refractivity contribution in [2.75, 3.05) is 25.1 Å². The Balaban J connectivity index is 1.84. The molecule has 25 heavy (non-hydrogen) atoms. The Hall–Kier alpha value is -2.60. The number of pyridine rings is 1. The van der Waals surface area contributed by atoms with Gasteiger partial charge in [0.1, 0.15) is 11.9 Å². The summed E-state index contributed by atoms with van der Waals surface area (Å²) in [6.45, 7) is 2.16. The normalized spacial score (nSPS) is 18.6. The van der Waals surface area contributed by atoms with E-state index in [1.165, 1.54) is 0 Å². The van der Waals surface area contributed by atoms with E-state index >= 15 is 0 Å². The van der Waals surface area contributed by atoms with Crippen LogP contribution in [-0.4, -0.2) is 42.2 Å². The van der Waals surface area contributed by atoms with Crippen LogP contribution in [-0.2, 0) is 11.2 Å². The number of fused-ring (bicyclic) bond motifs is 1. The van der Waals surface area contributed by atoms with E-state index in [1.54, 1.807) is 12.4 Å². The lowest BCUT2D eigenvalue weighted by Gasteiger charge is -2.29. The number of amides is 1. The van der Waals surface area contributed by atoms with Gasteiger partial charge in [0.25, 0.3) is 0 Å². The lowest BCUT2D eigenvalue weighted by Crippen LogP contribution is -2.46. The maximum atomic E-state index is 12.0. The maximum Gasteiger partial charge on any atom is 0.239 e. The van der Waals surface area contributed by atoms with Crippen LogP contribution in [0.25, 0.3) is 0 Å². The summed E-state index contributed by atoms with van der Waals surface area (Å²) in [5.41, 5.74) is 3.08. The van der Waals surface area contributed by atoms with Gasteiger partial charge >= 0.3 is 0 Å². The summed E-state index contributed by atoms with van der Waals surface area (Å²) < 4.78 is 6.06. The average Bonchev–Trinajstić information content (AvgIpc) is 2.61. The zero-order valence-corrected chi connectivity index (χ0v) is 14.5. The second-order valence-corrected chi connectivity index (χ2v) is 6.34. The topological polar surface area (TPSA) is 74.7 Å². The van der Waals surface area contributed by atoms with Crippen molar-refractivity contribution >= 4 is 11.6 Å². The van der Waals surface area contributed by atoms with Crippen LogP contribution in [0.5, 0.6) is 5.75 Å². The van der Waals surface area contributed by atoms with Crippen molar-refractivity contribution in [1.29, 1.82) is 0 Å². The van der Waals surface area contributed by atoms with Crippen LogP contribution in [0.4, 0.5) is 5.69 Å². The summed E-state index contributed by atoms with van der Waals surface area (Å²) >= 11 is 0. The Morgan fingerprint density at radius 3 is 2.84 bits per heavy atom. The van der Waals surface area contributed by atoms with Crippen molar-refractivity contribution in [2.24, 2.45) is 0 Å². The number of anilines is 1. The molecular formula is C19H23N3O3. The maximum absolute atomic E-state index is 12.0. The number of aliphatic hydroxyl groups is 1. The number of rotatable bonds is 4. The van der Waals surface area contributed by atoms with Crippen LogP contribution in [0.15, 0.2) is 42.7 Å². The zero-order valence-electron chi connectivity index (χ0n) is 14.5. The molecule has 6 nitrogen and oxygen atoms in total. The number of hydrogen-bond acceptors (Lipinski definition) is 5.